The van der Waals surface area contributed by atoms with Gasteiger partial charge in [0.25, 0.3) is 0 Å². The van der Waals surface area contributed by atoms with E-state index in [1.807, 2.05) is 0 Å². The highest BCUT2D eigenvalue weighted by molar-refractivity contribution is 5.66. The SMILES string of the molecule is CCCC/C=C/C=C/CCCCCCCCC(=O)O. The van der Waals surface area contributed by atoms with Crippen LogP contribution in [0.25, 0.3) is 0 Å². The third-order valence-corrected chi connectivity index (χ3v) is 3.12. The monoisotopic (exact) mass is 266 g/mol. The Hall–Kier alpha value is -1.05. The van der Waals surface area contributed by atoms with Crippen LogP contribution in [0.2, 0.25) is 0 Å². The van der Waals surface area contributed by atoms with Crippen LogP contribution in [0.1, 0.15) is 77.6 Å². The molecule has 0 atom stereocenters. The van der Waals surface area contributed by atoms with E-state index in [9.17, 15) is 4.79 Å². The fourth-order valence-corrected chi connectivity index (χ4v) is 1.92. The Morgan fingerprint density at radius 2 is 1.37 bits per heavy atom. The highest BCUT2D eigenvalue weighted by Crippen LogP contribution is 2.08. The van der Waals surface area contributed by atoms with Gasteiger partial charge in [-0.3, -0.25) is 4.79 Å². The maximum absolute atomic E-state index is 10.3. The van der Waals surface area contributed by atoms with Gasteiger partial charge in [0.2, 0.25) is 0 Å². The third kappa shape index (κ3) is 16.9. The van der Waals surface area contributed by atoms with E-state index >= 15 is 0 Å². The van der Waals surface area contributed by atoms with Gasteiger partial charge < -0.3 is 5.11 Å². The fraction of sp³-hybridized carbons (Fsp3) is 0.706. The van der Waals surface area contributed by atoms with Crippen LogP contribution >= 0.6 is 0 Å². The normalized spacial score (nSPS) is 11.6. The van der Waals surface area contributed by atoms with Crippen LogP contribution in [0.15, 0.2) is 24.3 Å². The zero-order valence-corrected chi connectivity index (χ0v) is 12.4. The van der Waals surface area contributed by atoms with E-state index < -0.39 is 5.97 Å². The summed E-state index contributed by atoms with van der Waals surface area (Å²) >= 11 is 0. The maximum Gasteiger partial charge on any atom is 0.303 e. The topological polar surface area (TPSA) is 37.3 Å². The molecular formula is C17H30O2. The minimum atomic E-state index is -0.669. The molecule has 0 radical (unpaired) electrons. The van der Waals surface area contributed by atoms with E-state index in [4.69, 9.17) is 5.11 Å². The molecule has 0 aliphatic carbocycles. The van der Waals surface area contributed by atoms with Gasteiger partial charge in [0, 0.05) is 6.42 Å². The molecule has 0 aromatic carbocycles. The van der Waals surface area contributed by atoms with E-state index in [2.05, 4.69) is 31.2 Å². The lowest BCUT2D eigenvalue weighted by molar-refractivity contribution is -0.137. The molecule has 0 amide bonds. The number of carboxylic acids is 1. The van der Waals surface area contributed by atoms with Crippen molar-refractivity contribution in [1.82, 2.24) is 0 Å². The Kier molecular flexibility index (Phi) is 14.2. The first-order chi connectivity index (χ1) is 9.27. The average molecular weight is 266 g/mol. The summed E-state index contributed by atoms with van der Waals surface area (Å²) in [5, 5.41) is 8.49. The Bertz CT molecular complexity index is 254. The van der Waals surface area contributed by atoms with E-state index in [1.54, 1.807) is 0 Å². The summed E-state index contributed by atoms with van der Waals surface area (Å²) in [6.45, 7) is 2.21. The van der Waals surface area contributed by atoms with Crippen molar-refractivity contribution < 1.29 is 9.90 Å². The minimum absolute atomic E-state index is 0.326. The number of carbonyl (C=O) groups is 1. The Balaban J connectivity index is 3.15. The van der Waals surface area contributed by atoms with Crippen molar-refractivity contribution >= 4 is 5.97 Å². The smallest absolute Gasteiger partial charge is 0.303 e. The molecule has 0 rings (SSSR count). The van der Waals surface area contributed by atoms with Gasteiger partial charge in [0.1, 0.15) is 0 Å². The number of allylic oxidation sites excluding steroid dienone is 4. The van der Waals surface area contributed by atoms with Crippen LogP contribution in [0, 0.1) is 0 Å². The summed E-state index contributed by atoms with van der Waals surface area (Å²) in [4.78, 5) is 10.3. The van der Waals surface area contributed by atoms with Crippen LogP contribution in [-0.2, 0) is 4.79 Å². The van der Waals surface area contributed by atoms with E-state index in [0.717, 1.165) is 19.3 Å². The summed E-state index contributed by atoms with van der Waals surface area (Å²) in [6, 6.07) is 0. The van der Waals surface area contributed by atoms with Crippen LogP contribution in [-0.4, -0.2) is 11.1 Å². The van der Waals surface area contributed by atoms with E-state index in [0.29, 0.717) is 6.42 Å². The zero-order chi connectivity index (χ0) is 14.2. The molecule has 0 fully saturated rings. The Morgan fingerprint density at radius 3 is 1.95 bits per heavy atom. The number of rotatable bonds is 13. The van der Waals surface area contributed by atoms with Crippen LogP contribution in [0.4, 0.5) is 0 Å². The molecule has 1 N–H and O–H groups in total. The number of hydrogen-bond acceptors (Lipinski definition) is 1. The summed E-state index contributed by atoms with van der Waals surface area (Å²) < 4.78 is 0. The highest BCUT2D eigenvalue weighted by atomic mass is 16.4. The molecule has 2 heteroatoms. The minimum Gasteiger partial charge on any atom is -0.481 e. The largest absolute Gasteiger partial charge is 0.481 e. The first-order valence-corrected chi connectivity index (χ1v) is 7.80. The zero-order valence-electron chi connectivity index (χ0n) is 12.4. The fourth-order valence-electron chi connectivity index (χ4n) is 1.92. The summed E-state index contributed by atoms with van der Waals surface area (Å²) in [5.41, 5.74) is 0. The maximum atomic E-state index is 10.3. The number of carboxylic acid groups (broad SMARTS) is 1. The number of aliphatic carboxylic acids is 1. The highest BCUT2D eigenvalue weighted by Gasteiger charge is 1.95. The van der Waals surface area contributed by atoms with Gasteiger partial charge in [-0.25, -0.2) is 0 Å². The van der Waals surface area contributed by atoms with E-state index in [1.165, 1.54) is 44.9 Å². The molecule has 19 heavy (non-hydrogen) atoms. The molecule has 0 heterocycles. The molecular weight excluding hydrogens is 236 g/mol. The van der Waals surface area contributed by atoms with Crippen molar-refractivity contribution in [2.75, 3.05) is 0 Å². The molecule has 2 nitrogen and oxygen atoms in total. The van der Waals surface area contributed by atoms with Gasteiger partial charge in [-0.2, -0.15) is 0 Å². The average Bonchev–Trinajstić information content (AvgIpc) is 2.39. The number of unbranched alkanes of at least 4 members (excludes halogenated alkanes) is 8. The van der Waals surface area contributed by atoms with Crippen molar-refractivity contribution in [1.29, 1.82) is 0 Å². The van der Waals surface area contributed by atoms with Gasteiger partial charge in [-0.05, 0) is 25.7 Å². The first-order valence-electron chi connectivity index (χ1n) is 7.80. The van der Waals surface area contributed by atoms with Crippen molar-refractivity contribution in [2.24, 2.45) is 0 Å². The standard InChI is InChI=1S/C17H30O2/c1-2-3-4-5-6-7-8-9-10-11-12-13-14-15-16-17(18)19/h5-8H,2-4,9-16H2,1H3,(H,18,19)/b6-5+,8-7+. The van der Waals surface area contributed by atoms with E-state index in [-0.39, 0.29) is 0 Å². The van der Waals surface area contributed by atoms with Gasteiger partial charge in [0.15, 0.2) is 0 Å². The Morgan fingerprint density at radius 1 is 0.842 bits per heavy atom. The lowest BCUT2D eigenvalue weighted by atomic mass is 10.1. The summed E-state index contributed by atoms with van der Waals surface area (Å²) in [5.74, 6) is -0.669. The quantitative estimate of drug-likeness (QED) is 0.353. The van der Waals surface area contributed by atoms with Crippen molar-refractivity contribution in [2.45, 2.75) is 77.6 Å². The molecule has 0 aromatic rings. The predicted octanol–water partition coefficient (Wildman–Crippen LogP) is 5.49. The number of hydrogen-bond donors (Lipinski definition) is 1. The predicted molar refractivity (Wildman–Crippen MR) is 82.4 cm³/mol. The second-order valence-corrected chi connectivity index (χ2v) is 5.05. The van der Waals surface area contributed by atoms with Crippen LogP contribution in [0.5, 0.6) is 0 Å². The van der Waals surface area contributed by atoms with Crippen LogP contribution in [0.3, 0.4) is 0 Å². The van der Waals surface area contributed by atoms with Crippen LogP contribution < -0.4 is 0 Å². The molecule has 0 saturated carbocycles. The molecule has 0 unspecified atom stereocenters. The van der Waals surface area contributed by atoms with Crippen molar-refractivity contribution in [3.05, 3.63) is 24.3 Å². The third-order valence-electron chi connectivity index (χ3n) is 3.12. The lowest BCUT2D eigenvalue weighted by Gasteiger charge is -1.99. The van der Waals surface area contributed by atoms with Gasteiger partial charge in [-0.1, -0.05) is 69.8 Å². The molecule has 0 saturated heterocycles. The first kappa shape index (κ1) is 17.9. The van der Waals surface area contributed by atoms with Crippen molar-refractivity contribution in [3.8, 4) is 0 Å². The van der Waals surface area contributed by atoms with Crippen molar-refractivity contribution in [3.63, 3.8) is 0 Å². The molecule has 110 valence electrons. The lowest BCUT2D eigenvalue weighted by Crippen LogP contribution is -1.93. The summed E-state index contributed by atoms with van der Waals surface area (Å²) in [6.07, 6.45) is 20.8. The molecule has 0 aliphatic rings. The molecule has 0 aliphatic heterocycles. The summed E-state index contributed by atoms with van der Waals surface area (Å²) in [7, 11) is 0. The Labute approximate surface area is 118 Å². The van der Waals surface area contributed by atoms with Gasteiger partial charge in [-0.15, -0.1) is 0 Å². The molecule has 0 spiro atoms. The van der Waals surface area contributed by atoms with Gasteiger partial charge in [0.05, 0.1) is 0 Å². The second-order valence-electron chi connectivity index (χ2n) is 5.05. The second kappa shape index (κ2) is 15.0. The van der Waals surface area contributed by atoms with Gasteiger partial charge >= 0.3 is 5.97 Å². The molecule has 0 aromatic heterocycles. The molecule has 0 bridgehead atoms.